The number of hydrogen-bond acceptors (Lipinski definition) is 4. The topological polar surface area (TPSA) is 69.5 Å². The van der Waals surface area contributed by atoms with E-state index in [1.165, 1.54) is 0 Å². The van der Waals surface area contributed by atoms with Crippen LogP contribution in [-0.2, 0) is 12.1 Å². The van der Waals surface area contributed by atoms with Gasteiger partial charge in [-0.1, -0.05) is 6.07 Å². The van der Waals surface area contributed by atoms with Gasteiger partial charge in [-0.15, -0.1) is 24.0 Å². The highest BCUT2D eigenvalue weighted by Gasteiger charge is 2.23. The quantitative estimate of drug-likeness (QED) is 0.363. The Kier molecular flexibility index (Phi) is 8.49. The summed E-state index contributed by atoms with van der Waals surface area (Å²) in [5.74, 6) is 0.670. The first kappa shape index (κ1) is 19.9. The lowest BCUT2D eigenvalue weighted by Gasteiger charge is -2.24. The molecule has 0 saturated heterocycles. The molecule has 0 aliphatic heterocycles. The number of nitrogens with one attached hydrogen (secondary N) is 2. The highest BCUT2D eigenvalue weighted by atomic mass is 127. The molecule has 2 aromatic heterocycles. The van der Waals surface area contributed by atoms with E-state index < -0.39 is 5.60 Å². The van der Waals surface area contributed by atoms with Crippen LogP contribution in [0.5, 0.6) is 0 Å². The molecule has 23 heavy (non-hydrogen) atoms. The van der Waals surface area contributed by atoms with Crippen molar-refractivity contribution in [3.05, 3.63) is 52.5 Å². The van der Waals surface area contributed by atoms with Crippen molar-refractivity contribution in [1.82, 2.24) is 15.6 Å². The van der Waals surface area contributed by atoms with Gasteiger partial charge >= 0.3 is 0 Å². The van der Waals surface area contributed by atoms with Gasteiger partial charge in [0.1, 0.15) is 5.60 Å². The lowest BCUT2D eigenvalue weighted by molar-refractivity contribution is 0.0621. The molecule has 0 aromatic carbocycles. The summed E-state index contributed by atoms with van der Waals surface area (Å²) in [5.41, 5.74) is 0.885. The molecule has 0 aliphatic rings. The SMILES string of the molecule is CCNC(=NCc1ccccn1)NCC(C)(O)c1ccsc1.I. The normalized spacial score (nSPS) is 13.8. The van der Waals surface area contributed by atoms with Crippen LogP contribution in [0.25, 0.3) is 0 Å². The minimum atomic E-state index is -0.929. The zero-order valence-electron chi connectivity index (χ0n) is 13.3. The third kappa shape index (κ3) is 6.44. The van der Waals surface area contributed by atoms with Crippen molar-refractivity contribution in [2.24, 2.45) is 4.99 Å². The molecule has 0 radical (unpaired) electrons. The van der Waals surface area contributed by atoms with E-state index in [0.717, 1.165) is 17.8 Å². The van der Waals surface area contributed by atoms with Crippen LogP contribution in [0.15, 0.2) is 46.2 Å². The van der Waals surface area contributed by atoms with Gasteiger partial charge < -0.3 is 15.7 Å². The van der Waals surface area contributed by atoms with E-state index in [2.05, 4.69) is 20.6 Å². The summed E-state index contributed by atoms with van der Waals surface area (Å²) >= 11 is 1.58. The fourth-order valence-electron chi connectivity index (χ4n) is 1.92. The molecule has 1 atom stereocenters. The van der Waals surface area contributed by atoms with Crippen molar-refractivity contribution in [2.45, 2.75) is 26.0 Å². The second-order valence-electron chi connectivity index (χ2n) is 5.16. The molecule has 0 fully saturated rings. The molecule has 5 nitrogen and oxygen atoms in total. The summed E-state index contributed by atoms with van der Waals surface area (Å²) in [6.45, 7) is 5.45. The van der Waals surface area contributed by atoms with Crippen LogP contribution >= 0.6 is 35.3 Å². The van der Waals surface area contributed by atoms with Crippen LogP contribution in [-0.4, -0.2) is 29.1 Å². The van der Waals surface area contributed by atoms with Crippen LogP contribution < -0.4 is 10.6 Å². The average Bonchev–Trinajstić information content (AvgIpc) is 3.06. The number of aromatic nitrogens is 1. The van der Waals surface area contributed by atoms with Gasteiger partial charge in [0.2, 0.25) is 0 Å². The molecule has 2 aromatic rings. The first-order valence-corrected chi connectivity index (χ1v) is 8.23. The van der Waals surface area contributed by atoms with Gasteiger partial charge in [-0.05, 0) is 48.4 Å². The molecule has 3 N–H and O–H groups in total. The summed E-state index contributed by atoms with van der Waals surface area (Å²) in [6.07, 6.45) is 1.76. The maximum absolute atomic E-state index is 10.5. The fraction of sp³-hybridized carbons (Fsp3) is 0.375. The van der Waals surface area contributed by atoms with E-state index in [4.69, 9.17) is 0 Å². The van der Waals surface area contributed by atoms with Crippen LogP contribution in [0.2, 0.25) is 0 Å². The summed E-state index contributed by atoms with van der Waals surface area (Å²) in [7, 11) is 0. The second kappa shape index (κ2) is 9.84. The molecule has 7 heteroatoms. The van der Waals surface area contributed by atoms with E-state index in [-0.39, 0.29) is 24.0 Å². The number of pyridine rings is 1. The number of thiophene rings is 1. The van der Waals surface area contributed by atoms with Gasteiger partial charge in [-0.2, -0.15) is 11.3 Å². The predicted molar refractivity (Wildman–Crippen MR) is 106 cm³/mol. The number of rotatable bonds is 6. The molecule has 2 heterocycles. The third-order valence-electron chi connectivity index (χ3n) is 3.21. The first-order chi connectivity index (χ1) is 10.6. The lowest BCUT2D eigenvalue weighted by Crippen LogP contribution is -2.44. The molecule has 0 bridgehead atoms. The summed E-state index contributed by atoms with van der Waals surface area (Å²) < 4.78 is 0. The van der Waals surface area contributed by atoms with Gasteiger partial charge in [-0.3, -0.25) is 4.98 Å². The Labute approximate surface area is 158 Å². The number of aliphatic imine (C=N–C) groups is 1. The van der Waals surface area contributed by atoms with E-state index in [1.54, 1.807) is 24.5 Å². The fourth-order valence-corrected chi connectivity index (χ4v) is 2.71. The highest BCUT2D eigenvalue weighted by molar-refractivity contribution is 14.0. The Hall–Kier alpha value is -1.19. The molecule has 0 spiro atoms. The summed E-state index contributed by atoms with van der Waals surface area (Å²) in [4.78, 5) is 8.74. The molecule has 0 saturated carbocycles. The average molecular weight is 446 g/mol. The molecule has 0 amide bonds. The number of hydrogen-bond donors (Lipinski definition) is 3. The Bertz CT molecular complexity index is 587. The van der Waals surface area contributed by atoms with Crippen LogP contribution in [0.4, 0.5) is 0 Å². The van der Waals surface area contributed by atoms with Gasteiger partial charge in [0.25, 0.3) is 0 Å². The highest BCUT2D eigenvalue weighted by Crippen LogP contribution is 2.21. The molecular formula is C16H23IN4OS. The number of nitrogens with zero attached hydrogens (tertiary/aromatic N) is 2. The van der Waals surface area contributed by atoms with Crippen LogP contribution in [0.1, 0.15) is 25.1 Å². The van der Waals surface area contributed by atoms with Crippen LogP contribution in [0.3, 0.4) is 0 Å². The van der Waals surface area contributed by atoms with E-state index in [1.807, 2.05) is 41.9 Å². The van der Waals surface area contributed by atoms with Gasteiger partial charge in [0.15, 0.2) is 5.96 Å². The maximum atomic E-state index is 10.5. The zero-order valence-corrected chi connectivity index (χ0v) is 16.5. The number of guanidine groups is 1. The molecule has 1 unspecified atom stereocenters. The van der Waals surface area contributed by atoms with E-state index >= 15 is 0 Å². The molecule has 2 rings (SSSR count). The summed E-state index contributed by atoms with van der Waals surface area (Å²) in [6, 6.07) is 7.70. The Morgan fingerprint density at radius 3 is 2.78 bits per heavy atom. The van der Waals surface area contributed by atoms with Gasteiger partial charge in [0.05, 0.1) is 18.8 Å². The van der Waals surface area contributed by atoms with Crippen LogP contribution in [0, 0.1) is 0 Å². The van der Waals surface area contributed by atoms with Gasteiger partial charge in [0, 0.05) is 12.7 Å². The first-order valence-electron chi connectivity index (χ1n) is 7.29. The Morgan fingerprint density at radius 2 is 2.17 bits per heavy atom. The van der Waals surface area contributed by atoms with Crippen molar-refractivity contribution < 1.29 is 5.11 Å². The zero-order chi connectivity index (χ0) is 15.8. The number of aliphatic hydroxyl groups is 1. The largest absolute Gasteiger partial charge is 0.384 e. The molecule has 126 valence electrons. The minimum absolute atomic E-state index is 0. The van der Waals surface area contributed by atoms with Crippen molar-refractivity contribution in [2.75, 3.05) is 13.1 Å². The minimum Gasteiger partial charge on any atom is -0.384 e. The third-order valence-corrected chi connectivity index (χ3v) is 3.90. The van der Waals surface area contributed by atoms with E-state index in [0.29, 0.717) is 19.0 Å². The van der Waals surface area contributed by atoms with Crippen molar-refractivity contribution in [3.8, 4) is 0 Å². The molecular weight excluding hydrogens is 423 g/mol. The lowest BCUT2D eigenvalue weighted by atomic mass is 9.99. The van der Waals surface area contributed by atoms with Gasteiger partial charge in [-0.25, -0.2) is 4.99 Å². The Morgan fingerprint density at radius 1 is 1.35 bits per heavy atom. The maximum Gasteiger partial charge on any atom is 0.191 e. The second-order valence-corrected chi connectivity index (χ2v) is 5.94. The standard InChI is InChI=1S/C16H22N4OS.HI/c1-3-17-15(19-10-14-6-4-5-8-18-14)20-12-16(2,21)13-7-9-22-11-13;/h4-9,11,21H,3,10,12H2,1-2H3,(H2,17,19,20);1H. The van der Waals surface area contributed by atoms with Crippen molar-refractivity contribution in [1.29, 1.82) is 0 Å². The monoisotopic (exact) mass is 446 g/mol. The molecule has 0 aliphatic carbocycles. The smallest absolute Gasteiger partial charge is 0.191 e. The summed E-state index contributed by atoms with van der Waals surface area (Å²) in [5, 5.41) is 20.8. The van der Waals surface area contributed by atoms with Crippen molar-refractivity contribution >= 4 is 41.3 Å². The number of halogens is 1. The van der Waals surface area contributed by atoms with Crippen molar-refractivity contribution in [3.63, 3.8) is 0 Å². The van der Waals surface area contributed by atoms with E-state index in [9.17, 15) is 5.11 Å². The predicted octanol–water partition coefficient (Wildman–Crippen LogP) is 2.72. The Balaban J connectivity index is 0.00000264.